The maximum atomic E-state index is 11.9. The molecule has 0 aliphatic rings. The first kappa shape index (κ1) is 19.9. The summed E-state index contributed by atoms with van der Waals surface area (Å²) in [5.41, 5.74) is 10.2. The molecule has 3 aromatic carbocycles. The Labute approximate surface area is 184 Å². The zero-order valence-corrected chi connectivity index (χ0v) is 17.5. The van der Waals surface area contributed by atoms with Gasteiger partial charge in [0.25, 0.3) is 10.1 Å². The third-order valence-electron chi connectivity index (χ3n) is 5.28. The minimum absolute atomic E-state index is 0.212. The van der Waals surface area contributed by atoms with Crippen molar-refractivity contribution in [3.63, 3.8) is 0 Å². The Morgan fingerprint density at radius 1 is 0.875 bits per heavy atom. The average molecular weight is 443 g/mol. The second-order valence-corrected chi connectivity index (χ2v) is 8.68. The van der Waals surface area contributed by atoms with Crippen molar-refractivity contribution in [2.75, 3.05) is 11.1 Å². The number of aromatic nitrogens is 2. The fraction of sp³-hybridized carbons (Fsp3) is 0. The number of hydrogen-bond donors (Lipinski definition) is 3. The molecule has 8 heteroatoms. The molecule has 2 heterocycles. The van der Waals surface area contributed by atoms with E-state index < -0.39 is 10.1 Å². The Morgan fingerprint density at radius 3 is 2.41 bits per heavy atom. The van der Waals surface area contributed by atoms with Gasteiger partial charge in [0.1, 0.15) is 4.90 Å². The first-order chi connectivity index (χ1) is 15.4. The van der Waals surface area contributed by atoms with Crippen molar-refractivity contribution in [1.82, 2.24) is 9.97 Å². The molecule has 5 aromatic rings. The predicted octanol–water partition coefficient (Wildman–Crippen LogP) is 5.02. The van der Waals surface area contributed by atoms with E-state index in [0.717, 1.165) is 22.2 Å². The highest BCUT2D eigenvalue weighted by atomic mass is 32.2. The number of nitrogens with one attached hydrogen (secondary N) is 1. The van der Waals surface area contributed by atoms with Crippen molar-refractivity contribution in [2.24, 2.45) is 0 Å². The normalized spacial score (nSPS) is 11.7. The quantitative estimate of drug-likeness (QED) is 0.264. The number of nitrogen functional groups attached to an aromatic ring is 1. The van der Waals surface area contributed by atoms with Crippen LogP contribution < -0.4 is 11.1 Å². The van der Waals surface area contributed by atoms with Gasteiger partial charge in [0.2, 0.25) is 0 Å². The van der Waals surface area contributed by atoms with Crippen LogP contribution >= 0.6 is 0 Å². The molecule has 32 heavy (non-hydrogen) atoms. The monoisotopic (exact) mass is 442 g/mol. The van der Waals surface area contributed by atoms with Crippen molar-refractivity contribution >= 4 is 48.9 Å². The zero-order valence-electron chi connectivity index (χ0n) is 16.7. The number of nitrogens with zero attached hydrogens (tertiary/aromatic N) is 2. The molecule has 5 rings (SSSR count). The number of fused-ring (bicyclic) bond motifs is 2. The number of pyridine rings is 2. The van der Waals surface area contributed by atoms with E-state index in [0.29, 0.717) is 27.8 Å². The molecule has 0 bridgehead atoms. The molecule has 0 spiro atoms. The van der Waals surface area contributed by atoms with Crippen LogP contribution in [0, 0.1) is 0 Å². The molecule has 0 saturated carbocycles. The van der Waals surface area contributed by atoms with Gasteiger partial charge in [-0.25, -0.2) is 0 Å². The van der Waals surface area contributed by atoms with E-state index in [1.54, 1.807) is 36.7 Å². The van der Waals surface area contributed by atoms with E-state index in [-0.39, 0.29) is 4.90 Å². The Balaban J connectivity index is 1.55. The summed E-state index contributed by atoms with van der Waals surface area (Å²) in [6, 6.07) is 21.6. The molecule has 7 nitrogen and oxygen atoms in total. The first-order valence-corrected chi connectivity index (χ1v) is 11.2. The number of para-hydroxylation sites is 1. The van der Waals surface area contributed by atoms with Crippen LogP contribution in [0.4, 0.5) is 17.1 Å². The molecule has 4 N–H and O–H groups in total. The van der Waals surface area contributed by atoms with Crippen LogP contribution in [0.3, 0.4) is 0 Å². The fourth-order valence-electron chi connectivity index (χ4n) is 3.77. The highest BCUT2D eigenvalue weighted by Crippen LogP contribution is 2.36. The maximum absolute atomic E-state index is 11.9. The predicted molar refractivity (Wildman–Crippen MR) is 126 cm³/mol. The van der Waals surface area contributed by atoms with Crippen molar-refractivity contribution in [3.8, 4) is 11.3 Å². The number of rotatable bonds is 4. The lowest BCUT2D eigenvalue weighted by molar-refractivity contribution is 0.484. The van der Waals surface area contributed by atoms with Crippen LogP contribution in [0.1, 0.15) is 0 Å². The SMILES string of the molecule is Nc1c(Nc2ccc(-c3cccc4cccnc34)nc2)cc(S(=O)(=O)O)c2ccccc12. The second kappa shape index (κ2) is 7.60. The van der Waals surface area contributed by atoms with E-state index in [1.165, 1.54) is 6.07 Å². The molecule has 0 fully saturated rings. The van der Waals surface area contributed by atoms with Crippen LogP contribution in [-0.2, 0) is 10.1 Å². The van der Waals surface area contributed by atoms with Gasteiger partial charge in [-0.3, -0.25) is 14.5 Å². The molecule has 0 aliphatic heterocycles. The molecule has 158 valence electrons. The van der Waals surface area contributed by atoms with Crippen LogP contribution in [0.25, 0.3) is 32.9 Å². The first-order valence-electron chi connectivity index (χ1n) is 9.78. The largest absolute Gasteiger partial charge is 0.397 e. The highest BCUT2D eigenvalue weighted by molar-refractivity contribution is 7.86. The summed E-state index contributed by atoms with van der Waals surface area (Å²) in [5.74, 6) is 0. The molecule has 0 radical (unpaired) electrons. The standard InChI is InChI=1S/C24H18N4O3S/c25-23-18-8-2-1-7-17(18)22(32(29,30)31)13-21(23)28-16-10-11-20(27-14-16)19-9-3-5-15-6-4-12-26-24(15)19/h1-14,28H,25H2,(H,29,30,31). The van der Waals surface area contributed by atoms with Crippen molar-refractivity contribution in [2.45, 2.75) is 4.90 Å². The minimum atomic E-state index is -4.44. The summed E-state index contributed by atoms with van der Waals surface area (Å²) in [4.78, 5) is 8.80. The molecular formula is C24H18N4O3S. The molecular weight excluding hydrogens is 424 g/mol. The number of hydrogen-bond acceptors (Lipinski definition) is 6. The Hall–Kier alpha value is -4.01. The lowest BCUT2D eigenvalue weighted by atomic mass is 10.1. The van der Waals surface area contributed by atoms with Gasteiger partial charge in [0.05, 0.1) is 34.5 Å². The Bertz CT molecular complexity index is 1580. The molecule has 0 amide bonds. The van der Waals surface area contributed by atoms with Gasteiger partial charge < -0.3 is 11.1 Å². The third-order valence-corrected chi connectivity index (χ3v) is 6.17. The minimum Gasteiger partial charge on any atom is -0.397 e. The van der Waals surface area contributed by atoms with Gasteiger partial charge in [0, 0.05) is 27.9 Å². The summed E-state index contributed by atoms with van der Waals surface area (Å²) in [7, 11) is -4.44. The van der Waals surface area contributed by atoms with E-state index in [9.17, 15) is 13.0 Å². The summed E-state index contributed by atoms with van der Waals surface area (Å²) in [6.45, 7) is 0. The Kier molecular flexibility index (Phi) is 4.73. The molecule has 0 atom stereocenters. The molecule has 0 saturated heterocycles. The zero-order chi connectivity index (χ0) is 22.3. The van der Waals surface area contributed by atoms with Crippen LogP contribution in [-0.4, -0.2) is 22.9 Å². The fourth-order valence-corrected chi connectivity index (χ4v) is 4.50. The van der Waals surface area contributed by atoms with E-state index in [4.69, 9.17) is 5.73 Å². The lowest BCUT2D eigenvalue weighted by Gasteiger charge is -2.14. The van der Waals surface area contributed by atoms with Crippen molar-refractivity contribution < 1.29 is 13.0 Å². The third kappa shape index (κ3) is 3.51. The summed E-state index contributed by atoms with van der Waals surface area (Å²) in [6.07, 6.45) is 3.38. The topological polar surface area (TPSA) is 118 Å². The van der Waals surface area contributed by atoms with Gasteiger partial charge >= 0.3 is 0 Å². The maximum Gasteiger partial charge on any atom is 0.295 e. The summed E-state index contributed by atoms with van der Waals surface area (Å²) < 4.78 is 33.6. The van der Waals surface area contributed by atoms with E-state index in [2.05, 4.69) is 15.3 Å². The van der Waals surface area contributed by atoms with Crippen LogP contribution in [0.15, 0.2) is 90.1 Å². The molecule has 0 unspecified atom stereocenters. The molecule has 0 aliphatic carbocycles. The summed E-state index contributed by atoms with van der Waals surface area (Å²) >= 11 is 0. The lowest BCUT2D eigenvalue weighted by Crippen LogP contribution is -2.04. The number of nitrogens with two attached hydrogens (primary N) is 1. The van der Waals surface area contributed by atoms with Crippen LogP contribution in [0.2, 0.25) is 0 Å². The smallest absolute Gasteiger partial charge is 0.295 e. The molecule has 2 aromatic heterocycles. The van der Waals surface area contributed by atoms with Gasteiger partial charge in [0.15, 0.2) is 0 Å². The van der Waals surface area contributed by atoms with Crippen LogP contribution in [0.5, 0.6) is 0 Å². The van der Waals surface area contributed by atoms with E-state index >= 15 is 0 Å². The Morgan fingerprint density at radius 2 is 1.66 bits per heavy atom. The highest BCUT2D eigenvalue weighted by Gasteiger charge is 2.18. The van der Waals surface area contributed by atoms with Gasteiger partial charge in [-0.15, -0.1) is 0 Å². The summed E-state index contributed by atoms with van der Waals surface area (Å²) in [5, 5.41) is 5.02. The average Bonchev–Trinajstić information content (AvgIpc) is 2.80. The van der Waals surface area contributed by atoms with Gasteiger partial charge in [-0.05, 0) is 24.3 Å². The van der Waals surface area contributed by atoms with Crippen molar-refractivity contribution in [3.05, 3.63) is 85.2 Å². The second-order valence-electron chi connectivity index (χ2n) is 7.29. The van der Waals surface area contributed by atoms with Gasteiger partial charge in [-0.2, -0.15) is 8.42 Å². The number of benzene rings is 3. The van der Waals surface area contributed by atoms with Gasteiger partial charge in [-0.1, -0.05) is 48.5 Å². The van der Waals surface area contributed by atoms with E-state index in [1.807, 2.05) is 42.5 Å². The number of anilines is 3. The van der Waals surface area contributed by atoms with Crippen molar-refractivity contribution in [1.29, 1.82) is 0 Å².